The first-order chi connectivity index (χ1) is 14.4. The van der Waals surface area contributed by atoms with Gasteiger partial charge in [-0.1, -0.05) is 24.3 Å². The predicted molar refractivity (Wildman–Crippen MR) is 112 cm³/mol. The first kappa shape index (κ1) is 20.8. The average Bonchev–Trinajstić information content (AvgIpc) is 3.10. The highest BCUT2D eigenvalue weighted by atomic mass is 16.1. The Hall–Kier alpha value is -3.97. The number of ketones is 1. The number of nitrogens with zero attached hydrogens (tertiary/aromatic N) is 4. The summed E-state index contributed by atoms with van der Waals surface area (Å²) in [6, 6.07) is 17.4. The van der Waals surface area contributed by atoms with Crippen molar-refractivity contribution < 1.29 is 14.2 Å². The van der Waals surface area contributed by atoms with E-state index in [9.17, 15) is 9.59 Å². The Bertz CT molecular complexity index is 1150. The molecule has 0 unspecified atom stereocenters. The van der Waals surface area contributed by atoms with Crippen LogP contribution in [-0.4, -0.2) is 22.7 Å². The van der Waals surface area contributed by atoms with Crippen molar-refractivity contribution in [1.82, 2.24) is 4.57 Å². The van der Waals surface area contributed by atoms with Crippen LogP contribution in [0.3, 0.4) is 0 Å². The van der Waals surface area contributed by atoms with E-state index in [0.717, 1.165) is 11.3 Å². The topological polar surface area (TPSA) is 90.5 Å². The Kier molecular flexibility index (Phi) is 6.24. The molecule has 0 N–H and O–H groups in total. The molecule has 1 radical (unpaired) electrons. The largest absolute Gasteiger partial charge is 0.349 e. The smallest absolute Gasteiger partial charge is 0.126 e. The van der Waals surface area contributed by atoms with Crippen LogP contribution in [0.1, 0.15) is 27.0 Å². The number of carbonyl (C=O) groups is 2. The maximum absolute atomic E-state index is 13.3. The Morgan fingerprint density at radius 1 is 1.00 bits per heavy atom. The minimum atomic E-state index is -0.617. The molecular weight excluding hydrogens is 375 g/mol. The van der Waals surface area contributed by atoms with Gasteiger partial charge < -0.3 is 4.79 Å². The summed E-state index contributed by atoms with van der Waals surface area (Å²) in [6.45, 7) is -0.617. The van der Waals surface area contributed by atoms with Gasteiger partial charge in [-0.05, 0) is 41.9 Å². The summed E-state index contributed by atoms with van der Waals surface area (Å²) in [5, 5.41) is 17.9. The molecule has 6 nitrogen and oxygen atoms in total. The van der Waals surface area contributed by atoms with Crippen LogP contribution in [0.5, 0.6) is 0 Å². The number of nitriles is 2. The van der Waals surface area contributed by atoms with Gasteiger partial charge in [0.05, 0.1) is 44.1 Å². The number of aryl methyl sites for hydroxylation is 2. The first-order valence-corrected chi connectivity index (χ1v) is 9.49. The van der Waals surface area contributed by atoms with Gasteiger partial charge in [-0.15, -0.1) is 6.32 Å². The van der Waals surface area contributed by atoms with Crippen molar-refractivity contribution in [3.05, 3.63) is 83.2 Å². The van der Waals surface area contributed by atoms with E-state index in [-0.39, 0.29) is 24.2 Å². The normalized spacial score (nSPS) is 10.4. The molecule has 0 bridgehead atoms. The molecular formula is C23H20BN4O2. The number of benzene rings is 2. The summed E-state index contributed by atoms with van der Waals surface area (Å²) in [6.07, 6.45) is 3.90. The predicted octanol–water partition coefficient (Wildman–Crippen LogP) is 1.53. The fraction of sp³-hybridized carbons (Fsp3) is 0.174. The molecule has 30 heavy (non-hydrogen) atoms. The van der Waals surface area contributed by atoms with E-state index >= 15 is 0 Å². The molecule has 147 valence electrons. The fourth-order valence-electron chi connectivity index (χ4n) is 3.50. The van der Waals surface area contributed by atoms with Crippen molar-refractivity contribution in [1.29, 1.82) is 10.5 Å². The lowest BCUT2D eigenvalue weighted by Gasteiger charge is -2.23. The van der Waals surface area contributed by atoms with Crippen LogP contribution in [0.4, 0.5) is 0 Å². The van der Waals surface area contributed by atoms with Gasteiger partial charge in [0.15, 0.2) is 0 Å². The molecule has 3 rings (SSSR count). The molecule has 3 aromatic rings. The van der Waals surface area contributed by atoms with Gasteiger partial charge in [0.25, 0.3) is 0 Å². The van der Waals surface area contributed by atoms with Gasteiger partial charge in [0.2, 0.25) is 0 Å². The number of hydrogen-bond donors (Lipinski definition) is 0. The number of rotatable bonds is 7. The summed E-state index contributed by atoms with van der Waals surface area (Å²) >= 11 is 0. The van der Waals surface area contributed by atoms with Crippen LogP contribution in [0.2, 0.25) is 6.32 Å². The summed E-state index contributed by atoms with van der Waals surface area (Å²) in [4.78, 5) is 26.2. The fourth-order valence-corrected chi connectivity index (χ4v) is 3.50. The van der Waals surface area contributed by atoms with Crippen molar-refractivity contribution >= 4 is 23.9 Å². The molecule has 1 heterocycles. The molecule has 2 aromatic carbocycles. The second-order valence-corrected chi connectivity index (χ2v) is 7.20. The number of aromatic nitrogens is 2. The summed E-state index contributed by atoms with van der Waals surface area (Å²) in [5.41, 5.74) is 2.96. The van der Waals surface area contributed by atoms with Gasteiger partial charge in [-0.2, -0.15) is 10.5 Å². The third-order valence-electron chi connectivity index (χ3n) is 5.12. The second kappa shape index (κ2) is 9.02. The standard InChI is InChI=1S/C23H20BN4O2/c1-27-11-12-28(2)23(27)24(14-21(29)20-9-7-19(16-26)8-10-20)22(30)13-17-3-5-18(15-25)6-4-17/h3-12H,13-14H2,1-2H3. The van der Waals surface area contributed by atoms with E-state index in [1.165, 1.54) is 0 Å². The lowest BCUT2D eigenvalue weighted by molar-refractivity contribution is -0.653. The van der Waals surface area contributed by atoms with Crippen molar-refractivity contribution in [2.45, 2.75) is 12.7 Å². The monoisotopic (exact) mass is 395 g/mol. The summed E-state index contributed by atoms with van der Waals surface area (Å²) in [5.74, 6) is -0.154. The van der Waals surface area contributed by atoms with E-state index in [1.54, 1.807) is 48.5 Å². The Morgan fingerprint density at radius 2 is 1.57 bits per heavy atom. The van der Waals surface area contributed by atoms with Crippen LogP contribution in [0, 0.1) is 22.7 Å². The highest BCUT2D eigenvalue weighted by molar-refractivity contribution is 7.00. The molecule has 0 spiro atoms. The molecule has 0 atom stereocenters. The third-order valence-corrected chi connectivity index (χ3v) is 5.12. The van der Waals surface area contributed by atoms with Crippen LogP contribution >= 0.6 is 0 Å². The minimum absolute atomic E-state index is 0.0344. The van der Waals surface area contributed by atoms with Gasteiger partial charge in [0, 0.05) is 11.3 Å². The van der Waals surface area contributed by atoms with Gasteiger partial charge >= 0.3 is 0 Å². The molecule has 1 aromatic heterocycles. The van der Waals surface area contributed by atoms with E-state index in [2.05, 4.69) is 6.07 Å². The molecule has 7 heteroatoms. The quantitative estimate of drug-likeness (QED) is 0.345. The molecule has 0 fully saturated rings. The van der Waals surface area contributed by atoms with E-state index < -0.39 is 6.71 Å². The maximum atomic E-state index is 13.3. The summed E-state index contributed by atoms with van der Waals surface area (Å²) < 4.78 is 3.71. The SMILES string of the molecule is Cn1cc[n+](C)c1[B-](CC(=O)c1ccc(C#N)cc1)C(=O)Cc1ccc(C#N)cc1. The zero-order chi connectivity index (χ0) is 21.7. The highest BCUT2D eigenvalue weighted by Gasteiger charge is 2.23. The molecule has 0 aliphatic heterocycles. The van der Waals surface area contributed by atoms with Crippen molar-refractivity contribution in [2.24, 2.45) is 14.1 Å². The zero-order valence-electron chi connectivity index (χ0n) is 16.9. The molecule has 0 aliphatic carbocycles. The van der Waals surface area contributed by atoms with Crippen LogP contribution < -0.4 is 10.3 Å². The van der Waals surface area contributed by atoms with E-state index in [1.807, 2.05) is 41.7 Å². The van der Waals surface area contributed by atoms with Crippen molar-refractivity contribution in [2.75, 3.05) is 0 Å². The third kappa shape index (κ3) is 4.53. The van der Waals surface area contributed by atoms with Gasteiger partial charge in [-0.25, -0.2) is 0 Å². The van der Waals surface area contributed by atoms with Gasteiger partial charge in [0.1, 0.15) is 18.2 Å². The Morgan fingerprint density at radius 3 is 2.07 bits per heavy atom. The minimum Gasteiger partial charge on any atom is -0.349 e. The maximum Gasteiger partial charge on any atom is 0.126 e. The molecule has 0 aliphatic rings. The lowest BCUT2D eigenvalue weighted by Crippen LogP contribution is -2.59. The number of hydrogen-bond acceptors (Lipinski definition) is 4. The van der Waals surface area contributed by atoms with Crippen LogP contribution in [0.25, 0.3) is 0 Å². The van der Waals surface area contributed by atoms with E-state index in [4.69, 9.17) is 10.5 Å². The second-order valence-electron chi connectivity index (χ2n) is 7.20. The highest BCUT2D eigenvalue weighted by Crippen LogP contribution is 2.11. The Labute approximate surface area is 175 Å². The van der Waals surface area contributed by atoms with Crippen molar-refractivity contribution in [3.8, 4) is 12.1 Å². The number of Topliss-reactive ketones (excluding diaryl/α,β-unsaturated/α-hetero) is 1. The lowest BCUT2D eigenvalue weighted by atomic mass is 9.41. The average molecular weight is 395 g/mol. The number of imidazole rings is 1. The van der Waals surface area contributed by atoms with Crippen molar-refractivity contribution in [3.63, 3.8) is 0 Å². The molecule has 0 saturated heterocycles. The Balaban J connectivity index is 1.88. The zero-order valence-corrected chi connectivity index (χ0v) is 16.9. The van der Waals surface area contributed by atoms with Crippen LogP contribution in [-0.2, 0) is 25.3 Å². The van der Waals surface area contributed by atoms with Crippen LogP contribution in [0.15, 0.2) is 60.9 Å². The first-order valence-electron chi connectivity index (χ1n) is 9.49. The number of carbonyl (C=O) groups excluding carboxylic acids is 2. The van der Waals surface area contributed by atoms with Gasteiger partial charge in [-0.3, -0.25) is 13.9 Å². The summed E-state index contributed by atoms with van der Waals surface area (Å²) in [7, 11) is 3.70. The molecule has 0 saturated carbocycles. The molecule has 0 amide bonds. The van der Waals surface area contributed by atoms with E-state index in [0.29, 0.717) is 16.7 Å².